The van der Waals surface area contributed by atoms with E-state index in [1.807, 2.05) is 6.92 Å². The van der Waals surface area contributed by atoms with Crippen molar-refractivity contribution in [3.63, 3.8) is 0 Å². The van der Waals surface area contributed by atoms with Crippen molar-refractivity contribution >= 4 is 53.2 Å². The third kappa shape index (κ3) is 1.43. The second-order valence-corrected chi connectivity index (χ2v) is 4.55. The number of carboxylic acid groups (broad SMARTS) is 1. The van der Waals surface area contributed by atoms with Gasteiger partial charge in [-0.05, 0) is 6.92 Å². The summed E-state index contributed by atoms with van der Waals surface area (Å²) in [6.07, 6.45) is 0. The zero-order chi connectivity index (χ0) is 9.75. The van der Waals surface area contributed by atoms with Crippen molar-refractivity contribution in [1.29, 1.82) is 0 Å². The third-order valence-electron chi connectivity index (χ3n) is 2.38. The summed E-state index contributed by atoms with van der Waals surface area (Å²) in [6.45, 7) is 3.57. The van der Waals surface area contributed by atoms with E-state index in [1.54, 1.807) is 6.92 Å². The molecule has 2 rings (SSSR count). The Morgan fingerprint density at radius 3 is 2.64 bits per heavy atom. The van der Waals surface area contributed by atoms with Gasteiger partial charge in [-0.15, -0.1) is 11.8 Å². The van der Waals surface area contributed by atoms with Crippen molar-refractivity contribution in [2.24, 2.45) is 5.92 Å². The summed E-state index contributed by atoms with van der Waals surface area (Å²) in [5.74, 6) is -1.13. The van der Waals surface area contributed by atoms with Gasteiger partial charge in [0, 0.05) is 4.91 Å². The molecule has 72 valence electrons. The van der Waals surface area contributed by atoms with Gasteiger partial charge in [0.1, 0.15) is 5.70 Å². The number of rotatable bonds is 1. The zero-order valence-electron chi connectivity index (χ0n) is 7.27. The minimum absolute atomic E-state index is 0. The summed E-state index contributed by atoms with van der Waals surface area (Å²) < 4.78 is 0. The molecule has 0 aromatic carbocycles. The second-order valence-electron chi connectivity index (χ2n) is 3.22. The van der Waals surface area contributed by atoms with E-state index in [2.05, 4.69) is 0 Å². The van der Waals surface area contributed by atoms with Crippen LogP contribution in [0.25, 0.3) is 0 Å². The molecule has 1 N–H and O–H groups in total. The Labute approximate surface area is 108 Å². The van der Waals surface area contributed by atoms with Gasteiger partial charge in [-0.2, -0.15) is 0 Å². The average molecular weight is 223 g/mol. The molecule has 4 nitrogen and oxygen atoms in total. The van der Waals surface area contributed by atoms with Crippen LogP contribution >= 0.6 is 11.8 Å². The van der Waals surface area contributed by atoms with Crippen LogP contribution in [0.3, 0.4) is 0 Å². The van der Waals surface area contributed by atoms with Gasteiger partial charge in [-0.25, -0.2) is 4.79 Å². The van der Waals surface area contributed by atoms with Crippen molar-refractivity contribution in [3.8, 4) is 0 Å². The summed E-state index contributed by atoms with van der Waals surface area (Å²) in [6, 6.07) is 0. The molecular formula is C8H10NNaO3S. The number of amides is 1. The number of hydrogen-bond acceptors (Lipinski definition) is 3. The molecule has 2 atom stereocenters. The molecular weight excluding hydrogens is 213 g/mol. The molecule has 1 fully saturated rings. The van der Waals surface area contributed by atoms with Crippen LogP contribution in [-0.4, -0.2) is 56.8 Å². The van der Waals surface area contributed by atoms with Crippen molar-refractivity contribution < 1.29 is 14.7 Å². The quantitative estimate of drug-likeness (QED) is 0.510. The Morgan fingerprint density at radius 1 is 1.57 bits per heavy atom. The normalized spacial score (nSPS) is 29.6. The van der Waals surface area contributed by atoms with Gasteiger partial charge in [0.05, 0.1) is 11.3 Å². The van der Waals surface area contributed by atoms with Gasteiger partial charge in [0.15, 0.2) is 0 Å². The topological polar surface area (TPSA) is 57.6 Å². The number of carbonyl (C=O) groups excluding carboxylic acids is 1. The summed E-state index contributed by atoms with van der Waals surface area (Å²) in [7, 11) is 0. The van der Waals surface area contributed by atoms with Crippen molar-refractivity contribution in [1.82, 2.24) is 4.90 Å². The number of aliphatic carboxylic acids is 1. The van der Waals surface area contributed by atoms with Gasteiger partial charge in [0.2, 0.25) is 5.91 Å². The van der Waals surface area contributed by atoms with E-state index in [-0.39, 0.29) is 52.5 Å². The van der Waals surface area contributed by atoms with Crippen LogP contribution in [0, 0.1) is 5.92 Å². The summed E-state index contributed by atoms with van der Waals surface area (Å²) in [4.78, 5) is 24.2. The van der Waals surface area contributed by atoms with Gasteiger partial charge >= 0.3 is 35.5 Å². The monoisotopic (exact) mass is 223 g/mol. The third-order valence-corrected chi connectivity index (χ3v) is 3.79. The molecule has 2 aliphatic rings. The number of thioether (sulfide) groups is 1. The van der Waals surface area contributed by atoms with Crippen LogP contribution in [0.5, 0.6) is 0 Å². The van der Waals surface area contributed by atoms with Crippen LogP contribution < -0.4 is 0 Å². The summed E-state index contributed by atoms with van der Waals surface area (Å²) in [5.41, 5.74) is 0.165. The zero-order valence-corrected chi connectivity index (χ0v) is 8.09. The Bertz CT molecular complexity index is 341. The first-order chi connectivity index (χ1) is 6.04. The van der Waals surface area contributed by atoms with Gasteiger partial charge in [-0.3, -0.25) is 9.69 Å². The summed E-state index contributed by atoms with van der Waals surface area (Å²) in [5, 5.41) is 8.87. The molecule has 0 aliphatic carbocycles. The minimum atomic E-state index is -1.01. The van der Waals surface area contributed by atoms with Gasteiger partial charge in [0.25, 0.3) is 0 Å². The molecule has 14 heavy (non-hydrogen) atoms. The predicted molar refractivity (Wildman–Crippen MR) is 54.9 cm³/mol. The van der Waals surface area contributed by atoms with E-state index in [4.69, 9.17) is 5.11 Å². The van der Waals surface area contributed by atoms with E-state index in [9.17, 15) is 9.59 Å². The number of fused-ring (bicyclic) bond motifs is 1. The molecule has 0 radical (unpaired) electrons. The van der Waals surface area contributed by atoms with Crippen LogP contribution in [0.2, 0.25) is 0 Å². The average Bonchev–Trinajstić information content (AvgIpc) is 2.39. The Balaban J connectivity index is 0.000000980. The van der Waals surface area contributed by atoms with Crippen molar-refractivity contribution in [2.75, 3.05) is 0 Å². The fraction of sp³-hybridized carbons (Fsp3) is 0.500. The number of β-lactam (4-membered cyclic amide) rings is 1. The van der Waals surface area contributed by atoms with Crippen molar-refractivity contribution in [2.45, 2.75) is 19.2 Å². The molecule has 0 aromatic rings. The number of nitrogens with zero attached hydrogens (tertiary/aromatic N) is 1. The molecule has 0 bridgehead atoms. The van der Waals surface area contributed by atoms with Crippen LogP contribution in [0.15, 0.2) is 10.6 Å². The van der Waals surface area contributed by atoms with E-state index in [0.717, 1.165) is 4.91 Å². The van der Waals surface area contributed by atoms with E-state index in [0.29, 0.717) is 0 Å². The Hall–Kier alpha value is 0.0300. The molecule has 1 saturated heterocycles. The Morgan fingerprint density at radius 2 is 2.14 bits per heavy atom. The predicted octanol–water partition coefficient (Wildman–Crippen LogP) is 0.205. The molecule has 2 heterocycles. The maximum absolute atomic E-state index is 11.3. The van der Waals surface area contributed by atoms with E-state index >= 15 is 0 Å². The number of carboxylic acids is 1. The Kier molecular flexibility index (Phi) is 3.36. The second kappa shape index (κ2) is 3.89. The van der Waals surface area contributed by atoms with Gasteiger partial charge in [-0.1, -0.05) is 6.92 Å². The molecule has 1 amide bonds. The first-order valence-electron chi connectivity index (χ1n) is 3.98. The maximum atomic E-state index is 11.3. The summed E-state index contributed by atoms with van der Waals surface area (Å²) >= 11 is 1.47. The molecule has 0 aromatic heterocycles. The molecule has 1 unspecified atom stereocenters. The van der Waals surface area contributed by atoms with Crippen molar-refractivity contribution in [3.05, 3.63) is 10.6 Å². The number of allylic oxidation sites excluding steroid dienone is 1. The molecule has 6 heteroatoms. The molecule has 0 spiro atoms. The standard InChI is InChI=1S/C8H9NO3S.Na.H/c1-3-6(10)9-5(8(11)12)4(2)13-7(3)9;;/h3,7H,1-2H3,(H,11,12);;/t3?,7-;;/m1../s1. The first-order valence-corrected chi connectivity index (χ1v) is 4.86. The van der Waals surface area contributed by atoms with E-state index in [1.165, 1.54) is 16.7 Å². The fourth-order valence-corrected chi connectivity index (χ4v) is 2.96. The number of hydrogen-bond donors (Lipinski definition) is 1. The van der Waals surface area contributed by atoms with Gasteiger partial charge < -0.3 is 5.11 Å². The van der Waals surface area contributed by atoms with Crippen LogP contribution in [0.4, 0.5) is 0 Å². The first kappa shape index (κ1) is 12.1. The molecule has 2 aliphatic heterocycles. The van der Waals surface area contributed by atoms with Crippen LogP contribution in [-0.2, 0) is 9.59 Å². The van der Waals surface area contributed by atoms with E-state index < -0.39 is 5.97 Å². The molecule has 0 saturated carbocycles. The fourth-order valence-electron chi connectivity index (χ4n) is 1.66. The SMILES string of the molecule is CC1=C(C(=O)O)N2C(=O)C(C)[C@H]2S1.[NaH]. The number of carbonyl (C=O) groups is 2. The van der Waals surface area contributed by atoms with Crippen LogP contribution in [0.1, 0.15) is 13.8 Å².